The molecule has 1 heterocycles. The predicted octanol–water partition coefficient (Wildman–Crippen LogP) is 5.90. The maximum absolute atomic E-state index is 12.9. The number of methoxy groups -OCH3 is 1. The van der Waals surface area contributed by atoms with Crippen molar-refractivity contribution in [3.8, 4) is 11.8 Å². The average Bonchev–Trinajstić information content (AvgIpc) is 3.15. The summed E-state index contributed by atoms with van der Waals surface area (Å²) >= 11 is 6.05. The number of hydrogen-bond acceptors (Lipinski definition) is 3. The van der Waals surface area contributed by atoms with E-state index in [2.05, 4.69) is 22.0 Å². The Morgan fingerprint density at radius 2 is 1.88 bits per heavy atom. The molecule has 0 bridgehead atoms. The largest absolute Gasteiger partial charge is 0.495 e. The van der Waals surface area contributed by atoms with Gasteiger partial charge in [0.1, 0.15) is 17.4 Å². The third kappa shape index (κ3) is 4.51. The lowest BCUT2D eigenvalue weighted by molar-refractivity contribution is -0.112. The van der Waals surface area contributed by atoms with Crippen molar-refractivity contribution in [1.29, 1.82) is 5.26 Å². The quantitative estimate of drug-likeness (QED) is 0.299. The number of benzene rings is 3. The number of aromatic nitrogens is 1. The summed E-state index contributed by atoms with van der Waals surface area (Å²) in [4.78, 5) is 12.9. The number of halogens is 1. The Balaban J connectivity index is 1.69. The molecule has 1 amide bonds. The number of ether oxygens (including phenoxy) is 1. The normalized spacial score (nSPS) is 11.2. The second-order valence-electron chi connectivity index (χ2n) is 7.18. The molecule has 32 heavy (non-hydrogen) atoms. The Kier molecular flexibility index (Phi) is 6.25. The molecule has 0 saturated heterocycles. The van der Waals surface area contributed by atoms with Gasteiger partial charge in [-0.1, -0.05) is 60.1 Å². The molecule has 1 N–H and O–H groups in total. The number of fused-ring (bicyclic) bond motifs is 1. The maximum atomic E-state index is 12.9. The van der Waals surface area contributed by atoms with E-state index in [-0.39, 0.29) is 5.57 Å². The van der Waals surface area contributed by atoms with E-state index in [9.17, 15) is 10.1 Å². The molecule has 0 unspecified atom stereocenters. The molecule has 0 fully saturated rings. The Hall–Kier alpha value is -4.01. The van der Waals surface area contributed by atoms with E-state index in [0.717, 1.165) is 22.0 Å². The first-order valence-electron chi connectivity index (χ1n) is 9.97. The zero-order valence-electron chi connectivity index (χ0n) is 17.4. The fraction of sp³-hybridized carbons (Fsp3) is 0.0769. The number of para-hydroxylation sites is 1. The van der Waals surface area contributed by atoms with Crippen LogP contribution in [0.15, 0.2) is 84.6 Å². The van der Waals surface area contributed by atoms with Crippen molar-refractivity contribution in [2.45, 2.75) is 6.54 Å². The van der Waals surface area contributed by atoms with Crippen molar-refractivity contribution in [2.75, 3.05) is 12.4 Å². The molecule has 6 heteroatoms. The van der Waals surface area contributed by atoms with Crippen molar-refractivity contribution >= 4 is 40.2 Å². The SMILES string of the molecule is COc1ccc(Cl)cc1NC(=O)C(C#N)=Cc1cn(Cc2ccccc2)c2ccccc12. The number of carbonyl (C=O) groups is 1. The van der Waals surface area contributed by atoms with Crippen molar-refractivity contribution < 1.29 is 9.53 Å². The number of amides is 1. The molecule has 3 aromatic carbocycles. The Labute approximate surface area is 191 Å². The molecule has 1 aromatic heterocycles. The van der Waals surface area contributed by atoms with E-state index < -0.39 is 5.91 Å². The molecular weight excluding hydrogens is 422 g/mol. The minimum absolute atomic E-state index is 0.0188. The Bertz CT molecular complexity index is 1350. The minimum Gasteiger partial charge on any atom is -0.495 e. The highest BCUT2D eigenvalue weighted by Crippen LogP contribution is 2.29. The molecule has 0 aliphatic rings. The molecule has 4 aromatic rings. The molecule has 0 aliphatic heterocycles. The highest BCUT2D eigenvalue weighted by molar-refractivity contribution is 6.31. The van der Waals surface area contributed by atoms with Gasteiger partial charge in [-0.3, -0.25) is 4.79 Å². The van der Waals surface area contributed by atoms with Gasteiger partial charge in [0, 0.05) is 34.2 Å². The van der Waals surface area contributed by atoms with E-state index in [1.54, 1.807) is 24.3 Å². The van der Waals surface area contributed by atoms with Crippen LogP contribution in [0, 0.1) is 11.3 Å². The van der Waals surface area contributed by atoms with E-state index in [1.165, 1.54) is 7.11 Å². The van der Waals surface area contributed by atoms with Crippen LogP contribution in [0.5, 0.6) is 5.75 Å². The lowest BCUT2D eigenvalue weighted by atomic mass is 10.1. The summed E-state index contributed by atoms with van der Waals surface area (Å²) in [6.45, 7) is 0.684. The first-order valence-corrected chi connectivity index (χ1v) is 10.4. The zero-order chi connectivity index (χ0) is 22.5. The fourth-order valence-corrected chi connectivity index (χ4v) is 3.74. The first kappa shape index (κ1) is 21.2. The monoisotopic (exact) mass is 441 g/mol. The standard InChI is InChI=1S/C26H20ClN3O2/c1-32-25-12-11-21(27)14-23(25)29-26(31)19(15-28)13-20-17-30(16-18-7-3-2-4-8-18)24-10-6-5-9-22(20)24/h2-14,17H,16H2,1H3,(H,29,31). The molecule has 0 saturated carbocycles. The Morgan fingerprint density at radius 3 is 2.62 bits per heavy atom. The van der Waals surface area contributed by atoms with Crippen molar-refractivity contribution in [1.82, 2.24) is 4.57 Å². The van der Waals surface area contributed by atoms with Gasteiger partial charge in [-0.15, -0.1) is 0 Å². The molecule has 0 atom stereocenters. The topological polar surface area (TPSA) is 67.0 Å². The number of nitrogens with one attached hydrogen (secondary N) is 1. The van der Waals surface area contributed by atoms with E-state index >= 15 is 0 Å². The highest BCUT2D eigenvalue weighted by atomic mass is 35.5. The predicted molar refractivity (Wildman–Crippen MR) is 128 cm³/mol. The van der Waals surface area contributed by atoms with Gasteiger partial charge in [-0.2, -0.15) is 5.26 Å². The van der Waals surface area contributed by atoms with Crippen LogP contribution in [0.4, 0.5) is 5.69 Å². The zero-order valence-corrected chi connectivity index (χ0v) is 18.1. The van der Waals surface area contributed by atoms with Crippen LogP contribution in [0.3, 0.4) is 0 Å². The number of nitrogens with zero attached hydrogens (tertiary/aromatic N) is 2. The van der Waals surface area contributed by atoms with Gasteiger partial charge >= 0.3 is 0 Å². The third-order valence-electron chi connectivity index (χ3n) is 5.09. The second kappa shape index (κ2) is 9.42. The van der Waals surface area contributed by atoms with E-state index in [1.807, 2.05) is 54.7 Å². The molecule has 158 valence electrons. The summed E-state index contributed by atoms with van der Waals surface area (Å²) in [6, 6.07) is 25.0. The smallest absolute Gasteiger partial charge is 0.266 e. The third-order valence-corrected chi connectivity index (χ3v) is 5.32. The van der Waals surface area contributed by atoms with Gasteiger partial charge in [0.05, 0.1) is 12.8 Å². The van der Waals surface area contributed by atoms with Crippen molar-refractivity contribution in [2.24, 2.45) is 0 Å². The van der Waals surface area contributed by atoms with Crippen LogP contribution in [-0.4, -0.2) is 17.6 Å². The van der Waals surface area contributed by atoms with E-state index in [4.69, 9.17) is 16.3 Å². The molecule has 5 nitrogen and oxygen atoms in total. The second-order valence-corrected chi connectivity index (χ2v) is 7.62. The summed E-state index contributed by atoms with van der Waals surface area (Å²) < 4.78 is 7.39. The summed E-state index contributed by atoms with van der Waals surface area (Å²) in [6.07, 6.45) is 3.57. The molecule has 0 aliphatic carbocycles. The van der Waals surface area contributed by atoms with Crippen molar-refractivity contribution in [3.63, 3.8) is 0 Å². The van der Waals surface area contributed by atoms with Crippen molar-refractivity contribution in [3.05, 3.63) is 101 Å². The van der Waals surface area contributed by atoms with Gasteiger partial charge in [0.2, 0.25) is 0 Å². The van der Waals surface area contributed by atoms with Gasteiger partial charge < -0.3 is 14.6 Å². The molecule has 0 spiro atoms. The van der Waals surface area contributed by atoms with Crippen LogP contribution in [0.25, 0.3) is 17.0 Å². The number of carbonyl (C=O) groups excluding carboxylic acids is 1. The molecule has 0 radical (unpaired) electrons. The number of hydrogen-bond donors (Lipinski definition) is 1. The van der Waals surface area contributed by atoms with Gasteiger partial charge in [0.25, 0.3) is 5.91 Å². The molecular formula is C26H20ClN3O2. The minimum atomic E-state index is -0.534. The first-order chi connectivity index (χ1) is 15.6. The van der Waals surface area contributed by atoms with Crippen LogP contribution in [0.1, 0.15) is 11.1 Å². The van der Waals surface area contributed by atoms with Crippen LogP contribution >= 0.6 is 11.6 Å². The number of nitriles is 1. The maximum Gasteiger partial charge on any atom is 0.266 e. The van der Waals surface area contributed by atoms with Crippen LogP contribution < -0.4 is 10.1 Å². The lowest BCUT2D eigenvalue weighted by Gasteiger charge is -2.10. The number of anilines is 1. The Morgan fingerprint density at radius 1 is 1.12 bits per heavy atom. The van der Waals surface area contributed by atoms with Gasteiger partial charge in [-0.25, -0.2) is 0 Å². The average molecular weight is 442 g/mol. The summed E-state index contributed by atoms with van der Waals surface area (Å²) in [5, 5.41) is 13.8. The van der Waals surface area contributed by atoms with E-state index in [0.29, 0.717) is 23.0 Å². The molecule has 4 rings (SSSR count). The van der Waals surface area contributed by atoms with Gasteiger partial charge in [-0.05, 0) is 35.9 Å². The summed E-state index contributed by atoms with van der Waals surface area (Å²) in [5.74, 6) is -0.0764. The number of rotatable bonds is 6. The van der Waals surface area contributed by atoms with Crippen LogP contribution in [0.2, 0.25) is 5.02 Å². The lowest BCUT2D eigenvalue weighted by Crippen LogP contribution is -2.14. The summed E-state index contributed by atoms with van der Waals surface area (Å²) in [5.41, 5.74) is 3.36. The highest BCUT2D eigenvalue weighted by Gasteiger charge is 2.15. The fourth-order valence-electron chi connectivity index (χ4n) is 3.57. The van der Waals surface area contributed by atoms with Crippen LogP contribution in [-0.2, 0) is 11.3 Å². The summed E-state index contributed by atoms with van der Waals surface area (Å²) in [7, 11) is 1.50. The van der Waals surface area contributed by atoms with Gasteiger partial charge in [0.15, 0.2) is 0 Å².